The lowest BCUT2D eigenvalue weighted by molar-refractivity contribution is -0.135. The van der Waals surface area contributed by atoms with E-state index < -0.39 is 18.4 Å². The maximum absolute atomic E-state index is 12.4. The summed E-state index contributed by atoms with van der Waals surface area (Å²) >= 11 is 5.86. The van der Waals surface area contributed by atoms with Crippen molar-refractivity contribution in [2.24, 2.45) is 0 Å². The van der Waals surface area contributed by atoms with Gasteiger partial charge in [0.2, 0.25) is 0 Å². The number of carbonyl (C=O) groups is 2. The van der Waals surface area contributed by atoms with Gasteiger partial charge in [0.15, 0.2) is 0 Å². The topological polar surface area (TPSA) is 90.7 Å². The lowest BCUT2D eigenvalue weighted by Gasteiger charge is -2.21. The van der Waals surface area contributed by atoms with E-state index in [1.54, 1.807) is 18.2 Å². The van der Waals surface area contributed by atoms with Gasteiger partial charge in [0.25, 0.3) is 5.91 Å². The molecule has 108 valence electrons. The van der Waals surface area contributed by atoms with Crippen molar-refractivity contribution in [3.63, 3.8) is 0 Å². The van der Waals surface area contributed by atoms with Crippen molar-refractivity contribution in [3.8, 4) is 5.75 Å². The maximum atomic E-state index is 12.4. The van der Waals surface area contributed by atoms with Gasteiger partial charge in [0.05, 0.1) is 11.8 Å². The normalized spacial score (nSPS) is 10.1. The third-order valence-electron chi connectivity index (χ3n) is 2.63. The maximum Gasteiger partial charge on any atom is 0.323 e. The number of hydrogen-bond acceptors (Lipinski definition) is 4. The molecule has 0 fully saturated rings. The van der Waals surface area contributed by atoms with Crippen LogP contribution in [0.4, 0.5) is 5.69 Å². The summed E-state index contributed by atoms with van der Waals surface area (Å²) in [5.74, 6) is -1.94. The number of aromatic hydroxyl groups is 1. The Morgan fingerprint density at radius 3 is 2.62 bits per heavy atom. The Labute approximate surface area is 125 Å². The summed E-state index contributed by atoms with van der Waals surface area (Å²) in [5, 5.41) is 18.7. The summed E-state index contributed by atoms with van der Waals surface area (Å²) in [5.41, 5.74) is 0.425. The molecule has 0 aliphatic carbocycles. The van der Waals surface area contributed by atoms with Crippen molar-refractivity contribution in [3.05, 3.63) is 53.3 Å². The van der Waals surface area contributed by atoms with E-state index in [1.807, 2.05) is 0 Å². The van der Waals surface area contributed by atoms with Gasteiger partial charge >= 0.3 is 5.97 Å². The molecule has 0 saturated carbocycles. The van der Waals surface area contributed by atoms with Gasteiger partial charge in [-0.1, -0.05) is 17.7 Å². The molecule has 0 saturated heterocycles. The molecule has 0 aliphatic rings. The molecule has 1 aromatic heterocycles. The first-order valence-electron chi connectivity index (χ1n) is 5.90. The third kappa shape index (κ3) is 3.70. The number of benzene rings is 1. The Bertz CT molecular complexity index is 690. The molecule has 0 unspecified atom stereocenters. The predicted molar refractivity (Wildman–Crippen MR) is 76.7 cm³/mol. The number of amides is 1. The van der Waals surface area contributed by atoms with E-state index in [4.69, 9.17) is 16.7 Å². The van der Waals surface area contributed by atoms with E-state index in [-0.39, 0.29) is 11.3 Å². The highest BCUT2D eigenvalue weighted by Gasteiger charge is 2.21. The number of carboxylic acid groups (broad SMARTS) is 1. The van der Waals surface area contributed by atoms with Crippen molar-refractivity contribution in [1.29, 1.82) is 0 Å². The monoisotopic (exact) mass is 306 g/mol. The van der Waals surface area contributed by atoms with Crippen LogP contribution in [-0.2, 0) is 4.79 Å². The second kappa shape index (κ2) is 6.23. The fraction of sp³-hybridized carbons (Fsp3) is 0.0714. The number of hydrogen-bond donors (Lipinski definition) is 2. The Hall–Kier alpha value is -2.60. The second-order valence-corrected chi connectivity index (χ2v) is 4.63. The number of rotatable bonds is 4. The summed E-state index contributed by atoms with van der Waals surface area (Å²) in [4.78, 5) is 28.1. The molecule has 1 heterocycles. The molecular formula is C14H11ClN2O4. The third-order valence-corrected chi connectivity index (χ3v) is 2.86. The van der Waals surface area contributed by atoms with Crippen molar-refractivity contribution >= 4 is 29.2 Å². The summed E-state index contributed by atoms with van der Waals surface area (Å²) < 4.78 is 0. The van der Waals surface area contributed by atoms with Gasteiger partial charge in [-0.05, 0) is 24.3 Å². The van der Waals surface area contributed by atoms with E-state index >= 15 is 0 Å². The van der Waals surface area contributed by atoms with Crippen LogP contribution in [0.5, 0.6) is 5.75 Å². The fourth-order valence-corrected chi connectivity index (χ4v) is 1.94. The molecule has 0 aliphatic heterocycles. The van der Waals surface area contributed by atoms with Crippen LogP contribution < -0.4 is 4.90 Å². The van der Waals surface area contributed by atoms with Crippen LogP contribution in [0.3, 0.4) is 0 Å². The highest BCUT2D eigenvalue weighted by molar-refractivity contribution is 6.31. The van der Waals surface area contributed by atoms with Crippen LogP contribution in [0.2, 0.25) is 5.02 Å². The molecule has 6 nitrogen and oxygen atoms in total. The first-order chi connectivity index (χ1) is 9.97. The van der Waals surface area contributed by atoms with Gasteiger partial charge in [0, 0.05) is 16.9 Å². The first kappa shape index (κ1) is 14.8. The van der Waals surface area contributed by atoms with Crippen molar-refractivity contribution in [1.82, 2.24) is 4.98 Å². The number of halogens is 1. The zero-order chi connectivity index (χ0) is 15.4. The number of pyridine rings is 1. The second-order valence-electron chi connectivity index (χ2n) is 4.20. The highest BCUT2D eigenvalue weighted by Crippen LogP contribution is 2.22. The number of carbonyl (C=O) groups excluding carboxylic acids is 1. The van der Waals surface area contributed by atoms with Crippen LogP contribution in [0.25, 0.3) is 0 Å². The summed E-state index contributed by atoms with van der Waals surface area (Å²) in [6.07, 6.45) is 2.43. The van der Waals surface area contributed by atoms with Crippen molar-refractivity contribution in [2.45, 2.75) is 0 Å². The van der Waals surface area contributed by atoms with Crippen LogP contribution in [-0.4, -0.2) is 33.6 Å². The Morgan fingerprint density at radius 2 is 2.00 bits per heavy atom. The minimum atomic E-state index is -1.17. The average Bonchev–Trinajstić information content (AvgIpc) is 2.44. The van der Waals surface area contributed by atoms with Gasteiger partial charge in [0.1, 0.15) is 12.3 Å². The molecule has 0 atom stereocenters. The Morgan fingerprint density at radius 1 is 1.24 bits per heavy atom. The molecule has 7 heteroatoms. The summed E-state index contributed by atoms with van der Waals surface area (Å²) in [6, 6.07) is 7.50. The molecule has 2 rings (SSSR count). The lowest BCUT2D eigenvalue weighted by Crippen LogP contribution is -2.35. The number of aliphatic carboxylic acids is 1. The molecule has 0 radical (unpaired) electrons. The minimum absolute atomic E-state index is 0.0798. The number of nitrogens with zero attached hydrogens (tertiary/aromatic N) is 2. The van der Waals surface area contributed by atoms with Crippen LogP contribution in [0, 0.1) is 0 Å². The van der Waals surface area contributed by atoms with Crippen LogP contribution in [0.15, 0.2) is 42.7 Å². The SMILES string of the molecule is O=C(O)CN(C(=O)c1cncc(O)c1)c1cccc(Cl)c1. The largest absolute Gasteiger partial charge is 0.506 e. The van der Waals surface area contributed by atoms with E-state index in [0.29, 0.717) is 10.7 Å². The van der Waals surface area contributed by atoms with Crippen LogP contribution in [0.1, 0.15) is 10.4 Å². The lowest BCUT2D eigenvalue weighted by atomic mass is 10.2. The minimum Gasteiger partial charge on any atom is -0.506 e. The van der Waals surface area contributed by atoms with Crippen molar-refractivity contribution < 1.29 is 19.8 Å². The summed E-state index contributed by atoms with van der Waals surface area (Å²) in [6.45, 7) is -0.533. The number of aromatic nitrogens is 1. The van der Waals surface area contributed by atoms with Crippen molar-refractivity contribution in [2.75, 3.05) is 11.4 Å². The molecule has 1 amide bonds. The summed E-state index contributed by atoms with van der Waals surface area (Å²) in [7, 11) is 0. The molecular weight excluding hydrogens is 296 g/mol. The highest BCUT2D eigenvalue weighted by atomic mass is 35.5. The Balaban J connectivity index is 2.40. The van der Waals surface area contributed by atoms with E-state index in [9.17, 15) is 14.7 Å². The fourth-order valence-electron chi connectivity index (χ4n) is 1.76. The van der Waals surface area contributed by atoms with E-state index in [2.05, 4.69) is 4.98 Å². The van der Waals surface area contributed by atoms with Gasteiger partial charge in [-0.15, -0.1) is 0 Å². The van der Waals surface area contributed by atoms with Gasteiger partial charge in [-0.2, -0.15) is 0 Å². The Kier molecular flexibility index (Phi) is 4.39. The number of carboxylic acids is 1. The molecule has 21 heavy (non-hydrogen) atoms. The van der Waals surface area contributed by atoms with Gasteiger partial charge < -0.3 is 10.2 Å². The molecule has 2 aromatic rings. The predicted octanol–water partition coefficient (Wildman–Crippen LogP) is 2.17. The quantitative estimate of drug-likeness (QED) is 0.903. The molecule has 0 bridgehead atoms. The standard InChI is InChI=1S/C14H11ClN2O4/c15-10-2-1-3-11(5-10)17(8-13(19)20)14(21)9-4-12(18)7-16-6-9/h1-7,18H,8H2,(H,19,20). The average molecular weight is 307 g/mol. The first-order valence-corrected chi connectivity index (χ1v) is 6.28. The van der Waals surface area contributed by atoms with Gasteiger partial charge in [-0.25, -0.2) is 0 Å². The molecule has 1 aromatic carbocycles. The molecule has 2 N–H and O–H groups in total. The van der Waals surface area contributed by atoms with E-state index in [0.717, 1.165) is 4.90 Å². The smallest absolute Gasteiger partial charge is 0.323 e. The van der Waals surface area contributed by atoms with E-state index in [1.165, 1.54) is 24.5 Å². The van der Waals surface area contributed by atoms with Gasteiger partial charge in [-0.3, -0.25) is 19.5 Å². The molecule has 0 spiro atoms. The zero-order valence-corrected chi connectivity index (χ0v) is 11.5. The zero-order valence-electron chi connectivity index (χ0n) is 10.7. The number of anilines is 1. The van der Waals surface area contributed by atoms with Crippen LogP contribution >= 0.6 is 11.6 Å².